The lowest BCUT2D eigenvalue weighted by molar-refractivity contribution is 0.618. The topological polar surface area (TPSA) is 56.7 Å². The minimum absolute atomic E-state index is 0.321. The summed E-state index contributed by atoms with van der Waals surface area (Å²) in [6.45, 7) is 8.30. The molecule has 4 heteroatoms. The number of nitrogen functional groups attached to an aromatic ring is 1. The molecule has 0 bridgehead atoms. The Morgan fingerprint density at radius 3 is 2.75 bits per heavy atom. The molecule has 0 unspecified atom stereocenters. The molecule has 0 spiro atoms. The second kappa shape index (κ2) is 4.63. The third-order valence-electron chi connectivity index (χ3n) is 3.44. The molecule has 2 N–H and O–H groups in total. The summed E-state index contributed by atoms with van der Waals surface area (Å²) in [5.74, 6) is 0. The summed E-state index contributed by atoms with van der Waals surface area (Å²) in [7, 11) is 0. The summed E-state index contributed by atoms with van der Waals surface area (Å²) < 4.78 is 2.14. The number of anilines is 1. The van der Waals surface area contributed by atoms with Gasteiger partial charge < -0.3 is 10.3 Å². The molecule has 0 saturated heterocycles. The molecule has 1 aromatic carbocycles. The highest BCUT2D eigenvalue weighted by atomic mass is 15.1. The first-order chi connectivity index (χ1) is 9.58. The van der Waals surface area contributed by atoms with Gasteiger partial charge in [-0.05, 0) is 38.5 Å². The van der Waals surface area contributed by atoms with Gasteiger partial charge in [0.05, 0.1) is 5.69 Å². The number of rotatable bonds is 2. The lowest BCUT2D eigenvalue weighted by atomic mass is 10.0. The zero-order chi connectivity index (χ0) is 14.3. The van der Waals surface area contributed by atoms with Crippen LogP contribution in [0.4, 0.5) is 5.69 Å². The highest BCUT2D eigenvalue weighted by Gasteiger charge is 2.15. The van der Waals surface area contributed by atoms with Crippen LogP contribution in [0.1, 0.15) is 25.6 Å². The van der Waals surface area contributed by atoms with Crippen LogP contribution in [0.25, 0.3) is 22.2 Å². The molecule has 0 atom stereocenters. The molecule has 0 fully saturated rings. The predicted molar refractivity (Wildman–Crippen MR) is 82.2 cm³/mol. The van der Waals surface area contributed by atoms with Crippen molar-refractivity contribution in [3.63, 3.8) is 0 Å². The number of hydrogen-bond acceptors (Lipinski definition) is 3. The molecular weight excluding hydrogens is 248 g/mol. The van der Waals surface area contributed by atoms with Crippen molar-refractivity contribution >= 4 is 16.7 Å². The minimum Gasteiger partial charge on any atom is -0.399 e. The summed E-state index contributed by atoms with van der Waals surface area (Å²) >= 11 is 0. The summed E-state index contributed by atoms with van der Waals surface area (Å²) in [5.41, 5.74) is 10.4. The molecular formula is C16H17N4. The fourth-order valence-electron chi connectivity index (χ4n) is 2.47. The standard InChI is InChI=1S/C16H17N4/c1-10(2)20-8-14(12-5-4-6-13(17)7-12)15-11(3)18-9-19-16(15)20/h4-10H,3,17H2,1-2H3. The number of nitrogens with two attached hydrogens (primary N) is 1. The second-order valence-corrected chi connectivity index (χ2v) is 5.19. The van der Waals surface area contributed by atoms with Crippen molar-refractivity contribution in [3.05, 3.63) is 49.4 Å². The monoisotopic (exact) mass is 265 g/mol. The van der Waals surface area contributed by atoms with Crippen LogP contribution in [-0.2, 0) is 0 Å². The van der Waals surface area contributed by atoms with E-state index in [1.54, 1.807) is 6.33 Å². The maximum Gasteiger partial charge on any atom is 0.144 e. The Kier molecular flexibility index (Phi) is 2.93. The summed E-state index contributed by atoms with van der Waals surface area (Å²) in [6.07, 6.45) is 3.67. The highest BCUT2D eigenvalue weighted by molar-refractivity contribution is 5.96. The fourth-order valence-corrected chi connectivity index (χ4v) is 2.47. The van der Waals surface area contributed by atoms with Gasteiger partial charge in [-0.15, -0.1) is 0 Å². The van der Waals surface area contributed by atoms with E-state index in [4.69, 9.17) is 5.73 Å². The molecule has 2 heterocycles. The van der Waals surface area contributed by atoms with Crippen LogP contribution in [0.15, 0.2) is 36.8 Å². The normalized spacial score (nSPS) is 11.4. The van der Waals surface area contributed by atoms with Crippen molar-refractivity contribution in [1.82, 2.24) is 14.5 Å². The highest BCUT2D eigenvalue weighted by Crippen LogP contribution is 2.33. The molecule has 2 aromatic heterocycles. The average molecular weight is 265 g/mol. The first-order valence-electron chi connectivity index (χ1n) is 6.61. The van der Waals surface area contributed by atoms with E-state index in [2.05, 4.69) is 41.5 Å². The lowest BCUT2D eigenvalue weighted by Gasteiger charge is -2.07. The van der Waals surface area contributed by atoms with E-state index in [9.17, 15) is 0 Å². The van der Waals surface area contributed by atoms with E-state index in [0.29, 0.717) is 6.04 Å². The molecule has 0 saturated carbocycles. The van der Waals surface area contributed by atoms with E-state index in [0.717, 1.165) is 33.5 Å². The quantitative estimate of drug-likeness (QED) is 0.722. The Bertz CT molecular complexity index is 771. The Morgan fingerprint density at radius 1 is 1.25 bits per heavy atom. The third-order valence-corrected chi connectivity index (χ3v) is 3.44. The molecule has 3 rings (SSSR count). The Labute approximate surface area is 118 Å². The van der Waals surface area contributed by atoms with Crippen LogP contribution in [0.3, 0.4) is 0 Å². The summed E-state index contributed by atoms with van der Waals surface area (Å²) in [5, 5.41) is 0.992. The molecule has 0 aliphatic rings. The van der Waals surface area contributed by atoms with Crippen molar-refractivity contribution in [2.24, 2.45) is 0 Å². The van der Waals surface area contributed by atoms with Gasteiger partial charge in [0.2, 0.25) is 0 Å². The molecule has 1 radical (unpaired) electrons. The summed E-state index contributed by atoms with van der Waals surface area (Å²) in [6, 6.07) is 8.16. The van der Waals surface area contributed by atoms with Gasteiger partial charge in [-0.25, -0.2) is 9.97 Å². The van der Waals surface area contributed by atoms with Gasteiger partial charge in [0.1, 0.15) is 12.0 Å². The molecule has 3 aromatic rings. The van der Waals surface area contributed by atoms with E-state index in [1.165, 1.54) is 0 Å². The summed E-state index contributed by atoms with van der Waals surface area (Å²) in [4.78, 5) is 8.63. The molecule has 0 amide bonds. The molecule has 0 aliphatic heterocycles. The van der Waals surface area contributed by atoms with Crippen molar-refractivity contribution in [2.45, 2.75) is 19.9 Å². The van der Waals surface area contributed by atoms with Crippen LogP contribution >= 0.6 is 0 Å². The van der Waals surface area contributed by atoms with Crippen molar-refractivity contribution in [3.8, 4) is 11.1 Å². The Morgan fingerprint density at radius 2 is 2.05 bits per heavy atom. The number of aromatic nitrogens is 3. The Hall–Kier alpha value is -2.36. The van der Waals surface area contributed by atoms with Gasteiger partial charge in [-0.2, -0.15) is 0 Å². The SMILES string of the molecule is [CH2]c1ncnc2c1c(-c1cccc(N)c1)cn2C(C)C. The van der Waals surface area contributed by atoms with Crippen LogP contribution in [0, 0.1) is 6.92 Å². The fraction of sp³-hybridized carbons (Fsp3) is 0.188. The van der Waals surface area contributed by atoms with Gasteiger partial charge in [-0.3, -0.25) is 0 Å². The first kappa shape index (κ1) is 12.7. The van der Waals surface area contributed by atoms with E-state index in [1.807, 2.05) is 24.3 Å². The second-order valence-electron chi connectivity index (χ2n) is 5.19. The lowest BCUT2D eigenvalue weighted by Crippen LogP contribution is -2.00. The van der Waals surface area contributed by atoms with Crippen LogP contribution in [0.5, 0.6) is 0 Å². The zero-order valence-electron chi connectivity index (χ0n) is 11.7. The number of hydrogen-bond donors (Lipinski definition) is 1. The van der Waals surface area contributed by atoms with Gasteiger partial charge in [-0.1, -0.05) is 12.1 Å². The third kappa shape index (κ3) is 1.93. The van der Waals surface area contributed by atoms with Gasteiger partial charge in [0.25, 0.3) is 0 Å². The maximum atomic E-state index is 5.89. The largest absolute Gasteiger partial charge is 0.399 e. The van der Waals surface area contributed by atoms with Crippen molar-refractivity contribution in [2.75, 3.05) is 5.73 Å². The molecule has 0 aliphatic carbocycles. The number of benzene rings is 1. The maximum absolute atomic E-state index is 5.89. The van der Waals surface area contributed by atoms with E-state index in [-0.39, 0.29) is 0 Å². The zero-order valence-corrected chi connectivity index (χ0v) is 11.7. The first-order valence-corrected chi connectivity index (χ1v) is 6.61. The molecule has 101 valence electrons. The van der Waals surface area contributed by atoms with E-state index >= 15 is 0 Å². The van der Waals surface area contributed by atoms with Gasteiger partial charge in [0, 0.05) is 28.9 Å². The van der Waals surface area contributed by atoms with Crippen molar-refractivity contribution in [1.29, 1.82) is 0 Å². The number of nitrogens with zero attached hydrogens (tertiary/aromatic N) is 3. The molecule has 4 nitrogen and oxygen atoms in total. The Balaban J connectivity index is 2.36. The number of fused-ring (bicyclic) bond motifs is 1. The van der Waals surface area contributed by atoms with Crippen LogP contribution in [0.2, 0.25) is 0 Å². The van der Waals surface area contributed by atoms with Gasteiger partial charge in [0.15, 0.2) is 0 Å². The van der Waals surface area contributed by atoms with Crippen LogP contribution < -0.4 is 5.73 Å². The van der Waals surface area contributed by atoms with Crippen LogP contribution in [-0.4, -0.2) is 14.5 Å². The predicted octanol–water partition coefficient (Wildman–Crippen LogP) is 3.44. The van der Waals surface area contributed by atoms with E-state index < -0.39 is 0 Å². The molecule has 20 heavy (non-hydrogen) atoms. The van der Waals surface area contributed by atoms with Crippen molar-refractivity contribution < 1.29 is 0 Å². The average Bonchev–Trinajstić information content (AvgIpc) is 2.80. The van der Waals surface area contributed by atoms with Gasteiger partial charge >= 0.3 is 0 Å². The minimum atomic E-state index is 0.321. The smallest absolute Gasteiger partial charge is 0.144 e.